The molecule has 2 N–H and O–H groups in total. The summed E-state index contributed by atoms with van der Waals surface area (Å²) in [5.74, 6) is -0.958. The maximum absolute atomic E-state index is 11.8. The molecule has 0 spiro atoms. The van der Waals surface area contributed by atoms with Gasteiger partial charge in [-0.3, -0.25) is 9.48 Å². The number of aliphatic carboxylic acids is 1. The van der Waals surface area contributed by atoms with Crippen molar-refractivity contribution < 1.29 is 19.7 Å². The van der Waals surface area contributed by atoms with Crippen molar-refractivity contribution in [3.63, 3.8) is 0 Å². The van der Waals surface area contributed by atoms with Crippen LogP contribution in [0.5, 0.6) is 0 Å². The Labute approximate surface area is 147 Å². The largest absolute Gasteiger partial charge is 0.481 e. The quantitative estimate of drug-likeness (QED) is 0.761. The molecule has 2 rings (SSSR count). The summed E-state index contributed by atoms with van der Waals surface area (Å²) in [4.78, 5) is 11.8. The lowest BCUT2D eigenvalue weighted by Crippen LogP contribution is -2.33. The van der Waals surface area contributed by atoms with Crippen LogP contribution >= 0.6 is 0 Å². The zero-order valence-electron chi connectivity index (χ0n) is 15.1. The highest BCUT2D eigenvalue weighted by Gasteiger charge is 2.39. The lowest BCUT2D eigenvalue weighted by molar-refractivity contribution is -0.158. The Morgan fingerprint density at radius 2 is 2.12 bits per heavy atom. The molecule has 1 heterocycles. The first-order valence-electron chi connectivity index (χ1n) is 8.23. The average molecular weight is 347 g/mol. The fourth-order valence-corrected chi connectivity index (χ4v) is 2.59. The summed E-state index contributed by atoms with van der Waals surface area (Å²) in [6, 6.07) is 5.50. The van der Waals surface area contributed by atoms with E-state index in [1.54, 1.807) is 30.8 Å². The van der Waals surface area contributed by atoms with Gasteiger partial charge in [-0.05, 0) is 44.4 Å². The molecule has 0 aliphatic heterocycles. The second kappa shape index (κ2) is 7.76. The van der Waals surface area contributed by atoms with E-state index in [0.717, 1.165) is 11.1 Å². The Hall–Kier alpha value is -2.25. The van der Waals surface area contributed by atoms with Gasteiger partial charge in [0, 0.05) is 6.54 Å². The second-order valence-electron chi connectivity index (χ2n) is 6.63. The Kier molecular flexibility index (Phi) is 5.92. The molecule has 0 bridgehead atoms. The summed E-state index contributed by atoms with van der Waals surface area (Å²) in [7, 11) is 0. The highest BCUT2D eigenvalue weighted by Crippen LogP contribution is 2.38. The molecule has 1 aromatic carbocycles. The molecule has 25 heavy (non-hydrogen) atoms. The van der Waals surface area contributed by atoms with Crippen molar-refractivity contribution >= 4 is 5.97 Å². The van der Waals surface area contributed by atoms with E-state index >= 15 is 0 Å². The number of aliphatic hydroxyl groups is 1. The summed E-state index contributed by atoms with van der Waals surface area (Å²) in [6.45, 7) is 7.86. The maximum Gasteiger partial charge on any atom is 0.312 e. The number of hydrogen-bond donors (Lipinski definition) is 2. The van der Waals surface area contributed by atoms with Gasteiger partial charge in [0.1, 0.15) is 5.69 Å². The molecule has 0 unspecified atom stereocenters. The van der Waals surface area contributed by atoms with Crippen LogP contribution < -0.4 is 0 Å². The van der Waals surface area contributed by atoms with Crippen LogP contribution in [0.2, 0.25) is 0 Å². The van der Waals surface area contributed by atoms with Gasteiger partial charge >= 0.3 is 5.97 Å². The molecule has 0 aliphatic carbocycles. The Morgan fingerprint density at radius 3 is 2.68 bits per heavy atom. The van der Waals surface area contributed by atoms with E-state index in [-0.39, 0.29) is 13.2 Å². The summed E-state index contributed by atoms with van der Waals surface area (Å²) in [6.07, 6.45) is 1.08. The van der Waals surface area contributed by atoms with Crippen molar-refractivity contribution in [2.24, 2.45) is 5.41 Å². The van der Waals surface area contributed by atoms with E-state index in [4.69, 9.17) is 4.74 Å². The van der Waals surface area contributed by atoms with Crippen LogP contribution in [0.15, 0.2) is 24.4 Å². The summed E-state index contributed by atoms with van der Waals surface area (Å²) >= 11 is 0. The molecule has 0 saturated carbocycles. The van der Waals surface area contributed by atoms with Crippen molar-refractivity contribution in [1.29, 1.82) is 0 Å². The molecule has 7 nitrogen and oxygen atoms in total. The zero-order chi connectivity index (χ0) is 18.6. The van der Waals surface area contributed by atoms with Crippen LogP contribution in [0.3, 0.4) is 0 Å². The summed E-state index contributed by atoms with van der Waals surface area (Å²) in [5.41, 5.74) is 1.91. The number of benzene rings is 1. The van der Waals surface area contributed by atoms with E-state index in [1.807, 2.05) is 26.0 Å². The van der Waals surface area contributed by atoms with Gasteiger partial charge in [-0.2, -0.15) is 0 Å². The summed E-state index contributed by atoms with van der Waals surface area (Å²) in [5, 5.41) is 27.1. The standard InChI is InChI=1S/C18H25N3O4/c1-5-21-9-15(19-20-21)11-25-16(18(3,4)17(23)24)13-7-6-12(2)14(8-13)10-22/h6-9,16,22H,5,10-11H2,1-4H3,(H,23,24)/t16-/m0/s1. The van der Waals surface area contributed by atoms with Crippen molar-refractivity contribution in [2.45, 2.75) is 53.6 Å². The van der Waals surface area contributed by atoms with E-state index in [9.17, 15) is 15.0 Å². The highest BCUT2D eigenvalue weighted by molar-refractivity contribution is 5.74. The first-order chi connectivity index (χ1) is 11.8. The fraction of sp³-hybridized carbons (Fsp3) is 0.500. The van der Waals surface area contributed by atoms with E-state index in [2.05, 4.69) is 10.3 Å². The lowest BCUT2D eigenvalue weighted by Gasteiger charge is -2.31. The molecule has 7 heteroatoms. The van der Waals surface area contributed by atoms with Gasteiger partial charge in [-0.25, -0.2) is 0 Å². The first-order valence-corrected chi connectivity index (χ1v) is 8.23. The molecule has 0 aliphatic rings. The van der Waals surface area contributed by atoms with Crippen molar-refractivity contribution in [3.05, 3.63) is 46.8 Å². The molecule has 0 amide bonds. The van der Waals surface area contributed by atoms with Crippen LogP contribution in [0.25, 0.3) is 0 Å². The predicted molar refractivity (Wildman–Crippen MR) is 91.7 cm³/mol. The molecule has 0 fully saturated rings. The topological polar surface area (TPSA) is 97.5 Å². The minimum absolute atomic E-state index is 0.106. The predicted octanol–water partition coefficient (Wildman–Crippen LogP) is 2.47. The number of carboxylic acid groups (broad SMARTS) is 1. The molecule has 1 atom stereocenters. The van der Waals surface area contributed by atoms with Crippen LogP contribution in [-0.4, -0.2) is 31.2 Å². The zero-order valence-corrected chi connectivity index (χ0v) is 15.1. The van der Waals surface area contributed by atoms with Gasteiger partial charge in [0.2, 0.25) is 0 Å². The van der Waals surface area contributed by atoms with Crippen LogP contribution in [0.4, 0.5) is 0 Å². The lowest BCUT2D eigenvalue weighted by atomic mass is 9.82. The number of rotatable bonds is 8. The normalized spacial score (nSPS) is 13.0. The highest BCUT2D eigenvalue weighted by atomic mass is 16.5. The third-order valence-corrected chi connectivity index (χ3v) is 4.36. The van der Waals surface area contributed by atoms with Gasteiger partial charge in [-0.1, -0.05) is 23.4 Å². The number of aryl methyl sites for hydroxylation is 2. The maximum atomic E-state index is 11.8. The Bertz CT molecular complexity index is 740. The van der Waals surface area contributed by atoms with Gasteiger partial charge in [-0.15, -0.1) is 5.10 Å². The second-order valence-corrected chi connectivity index (χ2v) is 6.63. The Morgan fingerprint density at radius 1 is 1.40 bits per heavy atom. The van der Waals surface area contributed by atoms with Crippen molar-refractivity contribution in [2.75, 3.05) is 0 Å². The van der Waals surface area contributed by atoms with Gasteiger partial charge in [0.15, 0.2) is 0 Å². The number of hydrogen-bond acceptors (Lipinski definition) is 5. The number of carbonyl (C=O) groups is 1. The third kappa shape index (κ3) is 4.24. The number of aromatic nitrogens is 3. The molecular weight excluding hydrogens is 322 g/mol. The molecule has 2 aromatic rings. The van der Waals surface area contributed by atoms with E-state index in [1.165, 1.54) is 0 Å². The van der Waals surface area contributed by atoms with Crippen molar-refractivity contribution in [1.82, 2.24) is 15.0 Å². The number of aliphatic hydroxyl groups excluding tert-OH is 1. The number of ether oxygens (including phenoxy) is 1. The molecule has 1 aromatic heterocycles. The number of nitrogens with zero attached hydrogens (tertiary/aromatic N) is 3. The molecule has 136 valence electrons. The van der Waals surface area contributed by atoms with E-state index in [0.29, 0.717) is 17.8 Å². The van der Waals surface area contributed by atoms with Gasteiger partial charge in [0.05, 0.1) is 30.9 Å². The van der Waals surface area contributed by atoms with Crippen LogP contribution in [-0.2, 0) is 29.3 Å². The monoisotopic (exact) mass is 347 g/mol. The molecular formula is C18H25N3O4. The van der Waals surface area contributed by atoms with Crippen LogP contribution in [0, 0.1) is 12.3 Å². The van der Waals surface area contributed by atoms with Crippen molar-refractivity contribution in [3.8, 4) is 0 Å². The van der Waals surface area contributed by atoms with Gasteiger partial charge in [0.25, 0.3) is 0 Å². The SMILES string of the molecule is CCn1cc(CO[C@@H](c2ccc(C)c(CO)c2)C(C)(C)C(=O)O)nn1. The minimum Gasteiger partial charge on any atom is -0.481 e. The summed E-state index contributed by atoms with van der Waals surface area (Å²) < 4.78 is 7.65. The van der Waals surface area contributed by atoms with E-state index < -0.39 is 17.5 Å². The minimum atomic E-state index is -1.15. The Balaban J connectivity index is 2.31. The third-order valence-electron chi connectivity index (χ3n) is 4.36. The number of carboxylic acids is 1. The molecule has 0 saturated heterocycles. The average Bonchev–Trinajstić information content (AvgIpc) is 3.04. The first kappa shape index (κ1) is 19.1. The smallest absolute Gasteiger partial charge is 0.312 e. The van der Waals surface area contributed by atoms with Gasteiger partial charge < -0.3 is 14.9 Å². The molecule has 0 radical (unpaired) electrons. The fourth-order valence-electron chi connectivity index (χ4n) is 2.59. The van der Waals surface area contributed by atoms with Crippen LogP contribution in [0.1, 0.15) is 49.3 Å².